The quantitative estimate of drug-likeness (QED) is 0.762. The van der Waals surface area contributed by atoms with Crippen molar-refractivity contribution < 1.29 is 9.18 Å². The summed E-state index contributed by atoms with van der Waals surface area (Å²) >= 11 is 1.16. The van der Waals surface area contributed by atoms with Gasteiger partial charge in [-0.3, -0.25) is 4.79 Å². The van der Waals surface area contributed by atoms with Crippen LogP contribution in [0.5, 0.6) is 0 Å². The molecule has 3 N–H and O–H groups in total. The molecule has 106 valence electrons. The Hall–Kier alpha value is -2.54. The Balaban J connectivity index is 1.97. The molecular formula is C14H11FN4OS. The summed E-state index contributed by atoms with van der Waals surface area (Å²) in [6, 6.07) is 6.23. The predicted octanol–water partition coefficient (Wildman–Crippen LogP) is 2.97. The van der Waals surface area contributed by atoms with E-state index in [4.69, 9.17) is 5.73 Å². The normalized spacial score (nSPS) is 10.8. The van der Waals surface area contributed by atoms with E-state index in [0.717, 1.165) is 11.3 Å². The maximum atomic E-state index is 13.5. The summed E-state index contributed by atoms with van der Waals surface area (Å²) in [4.78, 5) is 13.3. The zero-order valence-corrected chi connectivity index (χ0v) is 11.9. The molecule has 21 heavy (non-hydrogen) atoms. The van der Waals surface area contributed by atoms with Crippen LogP contribution in [-0.4, -0.2) is 16.1 Å². The first kappa shape index (κ1) is 13.4. The van der Waals surface area contributed by atoms with Gasteiger partial charge in [-0.15, -0.1) is 16.4 Å². The summed E-state index contributed by atoms with van der Waals surface area (Å²) in [5, 5.41) is 11.1. The van der Waals surface area contributed by atoms with Gasteiger partial charge in [0.2, 0.25) is 0 Å². The topological polar surface area (TPSA) is 80.9 Å². The number of carbonyl (C=O) groups is 1. The highest BCUT2D eigenvalue weighted by Crippen LogP contribution is 2.32. The molecule has 1 amide bonds. The number of hydrogen-bond donors (Lipinski definition) is 2. The van der Waals surface area contributed by atoms with Gasteiger partial charge >= 0.3 is 0 Å². The van der Waals surface area contributed by atoms with Crippen molar-refractivity contribution in [2.45, 2.75) is 6.92 Å². The van der Waals surface area contributed by atoms with E-state index < -0.39 is 0 Å². The fourth-order valence-electron chi connectivity index (χ4n) is 1.96. The van der Waals surface area contributed by atoms with E-state index in [2.05, 4.69) is 15.5 Å². The molecule has 0 aliphatic rings. The number of carbonyl (C=O) groups excluding carboxylic acids is 1. The number of nitrogens with two attached hydrogens (primary N) is 1. The third-order valence-corrected chi connectivity index (χ3v) is 4.25. The number of amides is 1. The number of thiophene rings is 1. The second-order valence-electron chi connectivity index (χ2n) is 4.46. The van der Waals surface area contributed by atoms with Gasteiger partial charge in [0.1, 0.15) is 15.5 Å². The summed E-state index contributed by atoms with van der Waals surface area (Å²) in [5.41, 5.74) is 7.13. The molecule has 0 saturated carbocycles. The number of fused-ring (bicyclic) bond motifs is 1. The van der Waals surface area contributed by atoms with Gasteiger partial charge in [0.15, 0.2) is 0 Å². The number of benzene rings is 1. The largest absolute Gasteiger partial charge is 0.397 e. The van der Waals surface area contributed by atoms with E-state index >= 15 is 0 Å². The summed E-state index contributed by atoms with van der Waals surface area (Å²) in [6.07, 6.45) is 1.52. The smallest absolute Gasteiger partial charge is 0.267 e. The number of anilines is 2. The summed E-state index contributed by atoms with van der Waals surface area (Å²) in [5.74, 6) is -0.757. The molecule has 1 aromatic carbocycles. The van der Waals surface area contributed by atoms with Crippen molar-refractivity contribution in [3.05, 3.63) is 46.7 Å². The molecule has 0 radical (unpaired) electrons. The summed E-state index contributed by atoms with van der Waals surface area (Å²) in [7, 11) is 0. The lowest BCUT2D eigenvalue weighted by Crippen LogP contribution is -2.13. The van der Waals surface area contributed by atoms with Crippen molar-refractivity contribution in [2.75, 3.05) is 11.1 Å². The van der Waals surface area contributed by atoms with Gasteiger partial charge in [0.05, 0.1) is 11.9 Å². The number of aromatic nitrogens is 2. The minimum atomic E-state index is -0.385. The monoisotopic (exact) mass is 302 g/mol. The van der Waals surface area contributed by atoms with Crippen LogP contribution in [0.2, 0.25) is 0 Å². The minimum Gasteiger partial charge on any atom is -0.397 e. The molecule has 0 fully saturated rings. The molecule has 5 nitrogen and oxygen atoms in total. The van der Waals surface area contributed by atoms with Crippen LogP contribution in [0.25, 0.3) is 10.2 Å². The van der Waals surface area contributed by atoms with Gasteiger partial charge in [-0.05, 0) is 25.1 Å². The van der Waals surface area contributed by atoms with Crippen LogP contribution in [-0.2, 0) is 0 Å². The number of rotatable bonds is 2. The van der Waals surface area contributed by atoms with Gasteiger partial charge < -0.3 is 11.1 Å². The van der Waals surface area contributed by atoms with E-state index in [1.165, 1.54) is 18.3 Å². The predicted molar refractivity (Wildman–Crippen MR) is 80.9 cm³/mol. The van der Waals surface area contributed by atoms with E-state index in [0.29, 0.717) is 32.0 Å². The Kier molecular flexibility index (Phi) is 3.26. The van der Waals surface area contributed by atoms with E-state index in [1.54, 1.807) is 19.1 Å². The first-order valence-corrected chi connectivity index (χ1v) is 6.95. The van der Waals surface area contributed by atoms with Gasteiger partial charge in [0, 0.05) is 16.6 Å². The second kappa shape index (κ2) is 5.10. The molecule has 0 atom stereocenters. The number of nitrogens with zero attached hydrogens (tertiary/aromatic N) is 2. The lowest BCUT2D eigenvalue weighted by molar-refractivity contribution is 0.103. The van der Waals surface area contributed by atoms with Crippen LogP contribution < -0.4 is 11.1 Å². The minimum absolute atomic E-state index is 0.342. The maximum absolute atomic E-state index is 13.5. The lowest BCUT2D eigenvalue weighted by atomic mass is 10.2. The van der Waals surface area contributed by atoms with E-state index in [1.807, 2.05) is 0 Å². The molecule has 2 heterocycles. The number of halogens is 1. The molecule has 0 saturated heterocycles. The number of nitrogen functional groups attached to an aromatic ring is 1. The fourth-order valence-corrected chi connectivity index (χ4v) is 2.90. The van der Waals surface area contributed by atoms with Crippen LogP contribution >= 0.6 is 11.3 Å². The standard InChI is InChI=1S/C14H11FN4OS/c1-7-9(15)3-2-4-10(7)18-13(20)12-11(16)8-5-6-17-19-14(8)21-12/h2-6H,16H2,1H3,(H,18,20). The number of hydrogen-bond acceptors (Lipinski definition) is 5. The maximum Gasteiger partial charge on any atom is 0.267 e. The van der Waals surface area contributed by atoms with Crippen molar-refractivity contribution in [3.63, 3.8) is 0 Å². The first-order chi connectivity index (χ1) is 10.1. The molecule has 7 heteroatoms. The Morgan fingerprint density at radius 1 is 1.38 bits per heavy atom. The molecular weight excluding hydrogens is 291 g/mol. The van der Waals surface area contributed by atoms with Crippen molar-refractivity contribution in [1.29, 1.82) is 0 Å². The van der Waals surface area contributed by atoms with Crippen LogP contribution in [0.15, 0.2) is 30.5 Å². The van der Waals surface area contributed by atoms with Crippen LogP contribution in [0, 0.1) is 12.7 Å². The molecule has 0 aliphatic heterocycles. The van der Waals surface area contributed by atoms with Gasteiger partial charge in [0.25, 0.3) is 5.91 Å². The zero-order chi connectivity index (χ0) is 15.0. The molecule has 0 spiro atoms. The van der Waals surface area contributed by atoms with Crippen LogP contribution in [0.1, 0.15) is 15.2 Å². The average Bonchev–Trinajstić information content (AvgIpc) is 2.82. The van der Waals surface area contributed by atoms with E-state index in [-0.39, 0.29) is 11.7 Å². The van der Waals surface area contributed by atoms with Gasteiger partial charge in [-0.25, -0.2) is 4.39 Å². The highest BCUT2D eigenvalue weighted by Gasteiger charge is 2.18. The first-order valence-electron chi connectivity index (χ1n) is 6.14. The molecule has 0 bridgehead atoms. The highest BCUT2D eigenvalue weighted by molar-refractivity contribution is 7.21. The highest BCUT2D eigenvalue weighted by atomic mass is 32.1. The molecule has 3 aromatic rings. The van der Waals surface area contributed by atoms with Gasteiger partial charge in [-0.2, -0.15) is 5.10 Å². The molecule has 0 unspecified atom stereocenters. The van der Waals surface area contributed by atoms with Crippen molar-refractivity contribution >= 4 is 38.8 Å². The Bertz CT molecular complexity index is 846. The molecule has 0 aliphatic carbocycles. The third-order valence-electron chi connectivity index (χ3n) is 3.14. The second-order valence-corrected chi connectivity index (χ2v) is 5.46. The van der Waals surface area contributed by atoms with Crippen LogP contribution in [0.3, 0.4) is 0 Å². The Morgan fingerprint density at radius 2 is 2.19 bits per heavy atom. The fraction of sp³-hybridized carbons (Fsp3) is 0.0714. The molecule has 2 aromatic heterocycles. The van der Waals surface area contributed by atoms with Gasteiger partial charge in [-0.1, -0.05) is 6.07 Å². The Morgan fingerprint density at radius 3 is 2.95 bits per heavy atom. The van der Waals surface area contributed by atoms with Crippen LogP contribution in [0.4, 0.5) is 15.8 Å². The Labute approximate surface area is 123 Å². The summed E-state index contributed by atoms with van der Waals surface area (Å²) < 4.78 is 13.5. The SMILES string of the molecule is Cc1c(F)cccc1NC(=O)c1sc2nnccc2c1N. The summed E-state index contributed by atoms with van der Waals surface area (Å²) in [6.45, 7) is 1.60. The van der Waals surface area contributed by atoms with Crippen molar-refractivity contribution in [3.8, 4) is 0 Å². The lowest BCUT2D eigenvalue weighted by Gasteiger charge is -2.08. The van der Waals surface area contributed by atoms with Crippen molar-refractivity contribution in [2.24, 2.45) is 0 Å². The van der Waals surface area contributed by atoms with Crippen molar-refractivity contribution in [1.82, 2.24) is 10.2 Å². The molecule has 3 rings (SSSR count). The number of nitrogens with one attached hydrogen (secondary N) is 1. The average molecular weight is 302 g/mol. The third kappa shape index (κ3) is 2.31. The zero-order valence-electron chi connectivity index (χ0n) is 11.1. The van der Waals surface area contributed by atoms with E-state index in [9.17, 15) is 9.18 Å².